The fourth-order valence-electron chi connectivity index (χ4n) is 2.27. The number of halogens is 1. The zero-order valence-corrected chi connectivity index (χ0v) is 15.7. The second-order valence-corrected chi connectivity index (χ2v) is 6.36. The first-order valence-electron chi connectivity index (χ1n) is 7.90. The molecule has 0 bridgehead atoms. The van der Waals surface area contributed by atoms with Crippen molar-refractivity contribution in [3.63, 3.8) is 0 Å². The van der Waals surface area contributed by atoms with Crippen LogP contribution in [0.3, 0.4) is 0 Å². The molecule has 0 atom stereocenters. The van der Waals surface area contributed by atoms with E-state index in [1.165, 1.54) is 18.2 Å². The second kappa shape index (κ2) is 8.51. The number of thiocarbonyl (C=S) groups is 1. The van der Waals surface area contributed by atoms with Crippen molar-refractivity contribution in [2.75, 3.05) is 5.32 Å². The number of nitro groups is 1. The normalized spacial score (nSPS) is 10.2. The number of nitrogens with one attached hydrogen (secondary N) is 3. The molecular formula is C18H13ClN4O4S. The van der Waals surface area contributed by atoms with Crippen molar-refractivity contribution < 1.29 is 14.1 Å². The van der Waals surface area contributed by atoms with Crippen LogP contribution in [0.25, 0.3) is 11.3 Å². The molecule has 2 aromatic carbocycles. The van der Waals surface area contributed by atoms with Crippen LogP contribution >= 0.6 is 23.8 Å². The Morgan fingerprint density at radius 2 is 1.82 bits per heavy atom. The standard InChI is InChI=1S/C18H13ClN4O4S/c19-12-2-1-3-13(10-12)20-18(28)22-21-17(24)16-9-8-15(27-16)11-4-6-14(7-5-11)23(25)26/h1-10H,(H,21,24)(H2,20,22,28). The molecule has 142 valence electrons. The summed E-state index contributed by atoms with van der Waals surface area (Å²) in [4.78, 5) is 22.4. The topological polar surface area (TPSA) is 109 Å². The SMILES string of the molecule is O=C(NNC(=S)Nc1cccc(Cl)c1)c1ccc(-c2ccc([N+](=O)[O-])cc2)o1. The van der Waals surface area contributed by atoms with E-state index in [9.17, 15) is 14.9 Å². The molecule has 28 heavy (non-hydrogen) atoms. The summed E-state index contributed by atoms with van der Waals surface area (Å²) in [7, 11) is 0. The van der Waals surface area contributed by atoms with Crippen LogP contribution in [0.2, 0.25) is 5.02 Å². The molecule has 1 heterocycles. The van der Waals surface area contributed by atoms with Gasteiger partial charge in [0.15, 0.2) is 10.9 Å². The van der Waals surface area contributed by atoms with Gasteiger partial charge in [0.2, 0.25) is 0 Å². The molecule has 0 aliphatic heterocycles. The van der Waals surface area contributed by atoms with Crippen LogP contribution in [0.4, 0.5) is 11.4 Å². The number of anilines is 1. The Labute approximate surface area is 169 Å². The minimum absolute atomic E-state index is 0.0295. The first kappa shape index (κ1) is 19.3. The highest BCUT2D eigenvalue weighted by molar-refractivity contribution is 7.80. The van der Waals surface area contributed by atoms with Gasteiger partial charge in [0.25, 0.3) is 5.69 Å². The van der Waals surface area contributed by atoms with Crippen LogP contribution in [0.15, 0.2) is 65.1 Å². The number of carbonyl (C=O) groups excluding carboxylic acids is 1. The number of non-ortho nitro benzene ring substituents is 1. The largest absolute Gasteiger partial charge is 0.451 e. The molecule has 0 spiro atoms. The predicted octanol–water partition coefficient (Wildman–Crippen LogP) is 4.14. The number of hydrogen-bond donors (Lipinski definition) is 3. The lowest BCUT2D eigenvalue weighted by Gasteiger charge is -2.11. The Hall–Kier alpha value is -3.43. The van der Waals surface area contributed by atoms with E-state index >= 15 is 0 Å². The Kier molecular flexibility index (Phi) is 5.87. The Balaban J connectivity index is 1.58. The van der Waals surface area contributed by atoms with Gasteiger partial charge in [-0.05, 0) is 54.7 Å². The van der Waals surface area contributed by atoms with E-state index in [2.05, 4.69) is 16.2 Å². The maximum atomic E-state index is 12.2. The summed E-state index contributed by atoms with van der Waals surface area (Å²) in [6, 6.07) is 15.8. The fourth-order valence-corrected chi connectivity index (χ4v) is 2.63. The van der Waals surface area contributed by atoms with Gasteiger partial charge in [0, 0.05) is 28.4 Å². The first-order valence-corrected chi connectivity index (χ1v) is 8.68. The summed E-state index contributed by atoms with van der Waals surface area (Å²) in [5.41, 5.74) is 6.22. The van der Waals surface area contributed by atoms with Gasteiger partial charge < -0.3 is 9.73 Å². The summed E-state index contributed by atoms with van der Waals surface area (Å²) in [6.45, 7) is 0. The third-order valence-corrected chi connectivity index (χ3v) is 4.00. The van der Waals surface area contributed by atoms with Gasteiger partial charge in [-0.1, -0.05) is 17.7 Å². The average Bonchev–Trinajstić information content (AvgIpc) is 3.16. The number of rotatable bonds is 4. The highest BCUT2D eigenvalue weighted by atomic mass is 35.5. The molecule has 0 aliphatic carbocycles. The summed E-state index contributed by atoms with van der Waals surface area (Å²) >= 11 is 11.0. The quantitative estimate of drug-likeness (QED) is 0.333. The molecule has 3 N–H and O–H groups in total. The molecule has 0 unspecified atom stereocenters. The van der Waals surface area contributed by atoms with Crippen LogP contribution in [0.5, 0.6) is 0 Å². The van der Waals surface area contributed by atoms with E-state index in [1.54, 1.807) is 42.5 Å². The monoisotopic (exact) mass is 416 g/mol. The molecule has 0 fully saturated rings. The number of hydrazine groups is 1. The molecular weight excluding hydrogens is 404 g/mol. The van der Waals surface area contributed by atoms with Crippen molar-refractivity contribution in [3.8, 4) is 11.3 Å². The minimum atomic E-state index is -0.539. The van der Waals surface area contributed by atoms with Crippen molar-refractivity contribution in [3.05, 3.63) is 81.6 Å². The van der Waals surface area contributed by atoms with E-state index in [4.69, 9.17) is 28.2 Å². The lowest BCUT2D eigenvalue weighted by molar-refractivity contribution is -0.384. The van der Waals surface area contributed by atoms with Crippen molar-refractivity contribution in [2.45, 2.75) is 0 Å². The lowest BCUT2D eigenvalue weighted by atomic mass is 10.1. The Morgan fingerprint density at radius 1 is 1.07 bits per heavy atom. The van der Waals surface area contributed by atoms with Gasteiger partial charge in [-0.25, -0.2) is 0 Å². The Morgan fingerprint density at radius 3 is 2.50 bits per heavy atom. The third kappa shape index (κ3) is 4.84. The van der Waals surface area contributed by atoms with Gasteiger partial charge in [-0.15, -0.1) is 0 Å². The van der Waals surface area contributed by atoms with Crippen molar-refractivity contribution in [1.29, 1.82) is 0 Å². The van der Waals surface area contributed by atoms with Crippen molar-refractivity contribution in [2.24, 2.45) is 0 Å². The number of amides is 1. The number of benzene rings is 2. The zero-order valence-electron chi connectivity index (χ0n) is 14.1. The van der Waals surface area contributed by atoms with Crippen molar-refractivity contribution >= 4 is 46.2 Å². The Bertz CT molecular complexity index is 1040. The summed E-state index contributed by atoms with van der Waals surface area (Å²) < 4.78 is 5.50. The van der Waals surface area contributed by atoms with Gasteiger partial charge >= 0.3 is 5.91 Å². The van der Waals surface area contributed by atoms with Gasteiger partial charge in [0.05, 0.1) is 4.92 Å². The highest BCUT2D eigenvalue weighted by Crippen LogP contribution is 2.24. The summed E-state index contributed by atoms with van der Waals surface area (Å²) in [5, 5.41) is 14.3. The molecule has 0 saturated heterocycles. The molecule has 0 saturated carbocycles. The molecule has 3 rings (SSSR count). The van der Waals surface area contributed by atoms with Crippen LogP contribution in [-0.2, 0) is 0 Å². The van der Waals surface area contributed by atoms with Crippen LogP contribution in [-0.4, -0.2) is 15.9 Å². The van der Waals surface area contributed by atoms with Gasteiger partial charge in [0.1, 0.15) is 5.76 Å². The van der Waals surface area contributed by atoms with E-state index in [0.717, 1.165) is 0 Å². The third-order valence-electron chi connectivity index (χ3n) is 3.56. The number of carbonyl (C=O) groups is 1. The fraction of sp³-hybridized carbons (Fsp3) is 0. The summed E-state index contributed by atoms with van der Waals surface area (Å²) in [5.74, 6) is -0.0884. The molecule has 0 aliphatic rings. The molecule has 3 aromatic rings. The van der Waals surface area contributed by atoms with Gasteiger partial charge in [-0.2, -0.15) is 0 Å². The number of furan rings is 1. The summed E-state index contributed by atoms with van der Waals surface area (Å²) in [6.07, 6.45) is 0. The molecule has 10 heteroatoms. The average molecular weight is 417 g/mol. The molecule has 0 radical (unpaired) electrons. The highest BCUT2D eigenvalue weighted by Gasteiger charge is 2.13. The van der Waals surface area contributed by atoms with Crippen molar-refractivity contribution in [1.82, 2.24) is 10.9 Å². The first-order chi connectivity index (χ1) is 13.4. The van der Waals surface area contributed by atoms with E-state index in [-0.39, 0.29) is 16.6 Å². The molecule has 1 aromatic heterocycles. The van der Waals surface area contributed by atoms with Crippen LogP contribution in [0, 0.1) is 10.1 Å². The number of nitrogens with zero attached hydrogens (tertiary/aromatic N) is 1. The van der Waals surface area contributed by atoms with E-state index in [0.29, 0.717) is 22.0 Å². The maximum Gasteiger partial charge on any atom is 0.305 e. The minimum Gasteiger partial charge on any atom is -0.451 e. The molecule has 8 nitrogen and oxygen atoms in total. The predicted molar refractivity (Wildman–Crippen MR) is 109 cm³/mol. The zero-order chi connectivity index (χ0) is 20.1. The lowest BCUT2D eigenvalue weighted by Crippen LogP contribution is -2.43. The second-order valence-electron chi connectivity index (χ2n) is 5.51. The van der Waals surface area contributed by atoms with E-state index in [1.807, 2.05) is 0 Å². The van der Waals surface area contributed by atoms with Gasteiger partial charge in [-0.3, -0.25) is 25.8 Å². The smallest absolute Gasteiger partial charge is 0.305 e. The van der Waals surface area contributed by atoms with Crippen LogP contribution in [0.1, 0.15) is 10.6 Å². The van der Waals surface area contributed by atoms with E-state index < -0.39 is 10.8 Å². The van der Waals surface area contributed by atoms with Crippen LogP contribution < -0.4 is 16.2 Å². The molecule has 1 amide bonds. The number of nitro benzene ring substituents is 1. The number of hydrogen-bond acceptors (Lipinski definition) is 5. The maximum absolute atomic E-state index is 12.2.